The van der Waals surface area contributed by atoms with E-state index in [1.54, 1.807) is 0 Å². The smallest absolute Gasteiger partial charge is 0.311 e. The van der Waals surface area contributed by atoms with Crippen molar-refractivity contribution in [1.29, 1.82) is 5.26 Å². The van der Waals surface area contributed by atoms with Gasteiger partial charge in [0, 0.05) is 5.41 Å². The normalized spacial score (nSPS) is 30.1. The van der Waals surface area contributed by atoms with E-state index < -0.39 is 16.2 Å². The largest absolute Gasteiger partial charge is 0.469 e. The number of ether oxygens (including phenoxy) is 1. The molecule has 41 heavy (non-hydrogen) atoms. The molecule has 0 spiro atoms. The van der Waals surface area contributed by atoms with Crippen molar-refractivity contribution in [2.75, 3.05) is 7.11 Å². The van der Waals surface area contributed by atoms with Crippen LogP contribution in [0, 0.1) is 55.7 Å². The van der Waals surface area contributed by atoms with Crippen LogP contribution < -0.4 is 0 Å². The summed E-state index contributed by atoms with van der Waals surface area (Å²) in [6.45, 7) is 23.8. The Labute approximate surface area is 250 Å². The van der Waals surface area contributed by atoms with Gasteiger partial charge in [-0.05, 0) is 98.7 Å². The van der Waals surface area contributed by atoms with E-state index in [9.17, 15) is 20.1 Å². The molecule has 0 heterocycles. The van der Waals surface area contributed by atoms with Crippen molar-refractivity contribution in [3.05, 3.63) is 11.6 Å². The molecule has 1 fully saturated rings. The average Bonchev–Trinajstić information content (AvgIpc) is 2.89. The van der Waals surface area contributed by atoms with Crippen LogP contribution in [0.3, 0.4) is 0 Å². The summed E-state index contributed by atoms with van der Waals surface area (Å²) in [5.41, 5.74) is -1.02. The molecule has 0 unspecified atom stereocenters. The van der Waals surface area contributed by atoms with Crippen LogP contribution in [0.2, 0.25) is 0 Å². The van der Waals surface area contributed by atoms with Crippen LogP contribution in [0.4, 0.5) is 0 Å². The fourth-order valence-electron chi connectivity index (χ4n) is 8.62. The van der Waals surface area contributed by atoms with Crippen LogP contribution in [-0.2, 0) is 14.3 Å². The molecule has 1 saturated carbocycles. The molecular weight excluding hydrogens is 512 g/mol. The van der Waals surface area contributed by atoms with Gasteiger partial charge in [-0.25, -0.2) is 0 Å². The number of carbonyl (C=O) groups excluding carboxylic acids is 2. The van der Waals surface area contributed by atoms with Gasteiger partial charge in [0.05, 0.1) is 23.8 Å². The molecule has 2 aliphatic rings. The third kappa shape index (κ3) is 6.60. The topological polar surface area (TPSA) is 99.8 Å². The van der Waals surface area contributed by atoms with Gasteiger partial charge in [-0.15, -0.1) is 0 Å². The molecule has 1 N–H and O–H groups in total. The molecule has 6 heteroatoms. The summed E-state index contributed by atoms with van der Waals surface area (Å²) in [7, 11) is 1.49. The maximum atomic E-state index is 13.3. The van der Waals surface area contributed by atoms with E-state index in [4.69, 9.17) is 4.74 Å². The van der Waals surface area contributed by atoms with Crippen LogP contribution in [0.15, 0.2) is 16.8 Å². The lowest BCUT2D eigenvalue weighted by atomic mass is 9.39. The van der Waals surface area contributed by atoms with Gasteiger partial charge in [0.2, 0.25) is 0 Å². The van der Waals surface area contributed by atoms with E-state index in [0.29, 0.717) is 18.6 Å². The second-order valence-corrected chi connectivity index (χ2v) is 16.0. The molecule has 0 amide bonds. The maximum absolute atomic E-state index is 13.3. The lowest BCUT2D eigenvalue weighted by Gasteiger charge is -2.64. The van der Waals surface area contributed by atoms with Crippen LogP contribution >= 0.6 is 0 Å². The van der Waals surface area contributed by atoms with Crippen molar-refractivity contribution in [3.63, 3.8) is 0 Å². The predicted octanol–water partition coefficient (Wildman–Crippen LogP) is 8.92. The number of Topliss-reactive ketones (excluding diaryl/α,β-unsaturated/α-hetero) is 1. The van der Waals surface area contributed by atoms with E-state index in [0.717, 1.165) is 44.9 Å². The second kappa shape index (κ2) is 12.2. The summed E-state index contributed by atoms with van der Waals surface area (Å²) in [5.74, 6) is -0.115. The number of nitriles is 1. The molecule has 232 valence electrons. The minimum Gasteiger partial charge on any atom is -0.469 e. The SMILES string of the molecule is CCCC(C)(C)CC[C@@](C)(CCC(C)(C)[C@]1(C)CC[C@H]2C(C)(C)C(=O)C(C#N)=C[C@]2(C)[C@H]1CC(C)=NO)C(=O)OC. The molecule has 0 bridgehead atoms. The van der Waals surface area contributed by atoms with Gasteiger partial charge in [-0.1, -0.05) is 80.0 Å². The first kappa shape index (κ1) is 35.0. The molecular formula is C35H58N2O4. The Morgan fingerprint density at radius 2 is 1.68 bits per heavy atom. The Bertz CT molecular complexity index is 1090. The summed E-state index contributed by atoms with van der Waals surface area (Å²) < 4.78 is 5.36. The fraction of sp³-hybridized carbons (Fsp3) is 0.829. The van der Waals surface area contributed by atoms with Gasteiger partial charge in [0.25, 0.3) is 0 Å². The number of rotatable bonds is 12. The highest BCUT2D eigenvalue weighted by molar-refractivity contribution is 6.04. The molecule has 0 radical (unpaired) electrons. The Morgan fingerprint density at radius 3 is 2.20 bits per heavy atom. The van der Waals surface area contributed by atoms with Gasteiger partial charge in [-0.2, -0.15) is 5.26 Å². The Balaban J connectivity index is 2.54. The first-order valence-corrected chi connectivity index (χ1v) is 15.6. The number of nitrogens with zero attached hydrogens (tertiary/aromatic N) is 2. The zero-order chi connectivity index (χ0) is 31.7. The first-order chi connectivity index (χ1) is 18.7. The molecule has 0 aromatic carbocycles. The van der Waals surface area contributed by atoms with E-state index >= 15 is 0 Å². The fourth-order valence-corrected chi connectivity index (χ4v) is 8.62. The van der Waals surface area contributed by atoms with Gasteiger partial charge in [0.15, 0.2) is 5.78 Å². The van der Waals surface area contributed by atoms with Crippen LogP contribution in [0.1, 0.15) is 134 Å². The standard InChI is InChI=1S/C35H58N2O4/c1-13-15-30(3,4)17-19-33(9,29(39)41-12)20-18-31(5,6)35(11)16-14-26-32(7,8)28(38)25(23-36)22-34(26,10)27(35)21-24(2)37-40/h22,26-27,40H,13-21H2,1-12H3/t26-,27+,33-,34-,35+/m0/s1. The Morgan fingerprint density at radius 1 is 1.10 bits per heavy atom. The van der Waals surface area contributed by atoms with E-state index in [1.165, 1.54) is 7.11 Å². The van der Waals surface area contributed by atoms with E-state index in [2.05, 4.69) is 66.6 Å². The Hall–Kier alpha value is -2.16. The summed E-state index contributed by atoms with van der Waals surface area (Å²) >= 11 is 0. The molecule has 6 nitrogen and oxygen atoms in total. The van der Waals surface area contributed by atoms with Gasteiger partial charge in [-0.3, -0.25) is 9.59 Å². The zero-order valence-electron chi connectivity index (χ0n) is 28.2. The van der Waals surface area contributed by atoms with Crippen LogP contribution in [0.25, 0.3) is 0 Å². The maximum Gasteiger partial charge on any atom is 0.311 e. The third-order valence-electron chi connectivity index (χ3n) is 12.0. The zero-order valence-corrected chi connectivity index (χ0v) is 28.2. The van der Waals surface area contributed by atoms with Crippen molar-refractivity contribution in [1.82, 2.24) is 0 Å². The summed E-state index contributed by atoms with van der Waals surface area (Å²) in [5, 5.41) is 23.3. The number of ketones is 1. The molecule has 0 aromatic rings. The van der Waals surface area contributed by atoms with E-state index in [-0.39, 0.29) is 45.4 Å². The number of oxime groups is 1. The second-order valence-electron chi connectivity index (χ2n) is 16.0. The number of hydrogen-bond acceptors (Lipinski definition) is 6. The molecule has 2 aliphatic carbocycles. The van der Waals surface area contributed by atoms with Crippen molar-refractivity contribution >= 4 is 17.5 Å². The van der Waals surface area contributed by atoms with Crippen molar-refractivity contribution in [2.45, 2.75) is 134 Å². The number of fused-ring (bicyclic) bond motifs is 1. The van der Waals surface area contributed by atoms with Crippen molar-refractivity contribution in [3.8, 4) is 6.07 Å². The minimum atomic E-state index is -0.655. The average molecular weight is 571 g/mol. The van der Waals surface area contributed by atoms with Crippen LogP contribution in [0.5, 0.6) is 0 Å². The first-order valence-electron chi connectivity index (χ1n) is 15.6. The van der Waals surface area contributed by atoms with Gasteiger partial charge in [0.1, 0.15) is 6.07 Å². The molecule has 2 rings (SSSR count). The summed E-state index contributed by atoms with van der Waals surface area (Å²) in [6.07, 6.45) is 9.83. The summed E-state index contributed by atoms with van der Waals surface area (Å²) in [6, 6.07) is 2.20. The lowest BCUT2D eigenvalue weighted by Crippen LogP contribution is -2.60. The molecule has 0 aromatic heterocycles. The minimum absolute atomic E-state index is 0.0308. The van der Waals surface area contributed by atoms with Crippen LogP contribution in [-0.4, -0.2) is 29.8 Å². The summed E-state index contributed by atoms with van der Waals surface area (Å²) in [4.78, 5) is 26.5. The monoisotopic (exact) mass is 570 g/mol. The molecule has 0 aliphatic heterocycles. The molecule has 0 saturated heterocycles. The molecule has 5 atom stereocenters. The number of carbonyl (C=O) groups is 2. The van der Waals surface area contributed by atoms with Crippen molar-refractivity contribution in [2.24, 2.45) is 49.5 Å². The van der Waals surface area contributed by atoms with Crippen molar-refractivity contribution < 1.29 is 19.5 Å². The number of hydrogen-bond donors (Lipinski definition) is 1. The lowest BCUT2D eigenvalue weighted by molar-refractivity contribution is -0.157. The number of methoxy groups -OCH3 is 1. The third-order valence-corrected chi connectivity index (χ3v) is 12.0. The highest BCUT2D eigenvalue weighted by Crippen LogP contribution is 2.68. The van der Waals surface area contributed by atoms with Gasteiger partial charge >= 0.3 is 5.97 Å². The number of allylic oxidation sites excluding steroid dienone is 2. The van der Waals surface area contributed by atoms with Gasteiger partial charge < -0.3 is 9.94 Å². The Kier molecular flexibility index (Phi) is 10.4. The highest BCUT2D eigenvalue weighted by atomic mass is 16.5. The highest BCUT2D eigenvalue weighted by Gasteiger charge is 2.63. The predicted molar refractivity (Wildman–Crippen MR) is 165 cm³/mol. The quantitative estimate of drug-likeness (QED) is 0.109. The van der Waals surface area contributed by atoms with E-state index in [1.807, 2.05) is 26.8 Å². The number of esters is 1.